The maximum absolute atomic E-state index is 13.4. The van der Waals surface area contributed by atoms with Gasteiger partial charge in [0.1, 0.15) is 5.69 Å². The molecule has 3 rings (SSSR count). The van der Waals surface area contributed by atoms with Gasteiger partial charge in [0.25, 0.3) is 5.91 Å². The average Bonchev–Trinajstić information content (AvgIpc) is 3.04. The summed E-state index contributed by atoms with van der Waals surface area (Å²) in [5.74, 6) is 0.621. The van der Waals surface area contributed by atoms with Crippen LogP contribution in [0.5, 0.6) is 0 Å². The van der Waals surface area contributed by atoms with Gasteiger partial charge < -0.3 is 9.80 Å². The molecule has 5 nitrogen and oxygen atoms in total. The number of carbonyl (C=O) groups excluding carboxylic acids is 1. The molecular weight excluding hydrogens is 324 g/mol. The Morgan fingerprint density at radius 2 is 1.96 bits per heavy atom. The van der Waals surface area contributed by atoms with Crippen LogP contribution in [0.3, 0.4) is 0 Å². The van der Waals surface area contributed by atoms with Crippen LogP contribution in [-0.2, 0) is 13.0 Å². The number of carbonyl (C=O) groups is 1. The molecule has 0 radical (unpaired) electrons. The summed E-state index contributed by atoms with van der Waals surface area (Å²) in [6, 6.07) is 12.4. The van der Waals surface area contributed by atoms with Gasteiger partial charge in [0, 0.05) is 26.2 Å². The number of benzene rings is 1. The van der Waals surface area contributed by atoms with Crippen molar-refractivity contribution in [3.8, 4) is 0 Å². The Morgan fingerprint density at radius 3 is 2.62 bits per heavy atom. The molecule has 0 unspecified atom stereocenters. The molecule has 2 aromatic rings. The van der Waals surface area contributed by atoms with Crippen molar-refractivity contribution in [2.45, 2.75) is 39.8 Å². The van der Waals surface area contributed by atoms with Gasteiger partial charge in [-0.15, -0.1) is 0 Å². The third-order valence-electron chi connectivity index (χ3n) is 5.00. The molecule has 1 aromatic heterocycles. The second kappa shape index (κ2) is 8.04. The van der Waals surface area contributed by atoms with Gasteiger partial charge >= 0.3 is 0 Å². The predicted molar refractivity (Wildman–Crippen MR) is 104 cm³/mol. The second-order valence-corrected chi connectivity index (χ2v) is 7.62. The highest BCUT2D eigenvalue weighted by Crippen LogP contribution is 2.27. The maximum Gasteiger partial charge on any atom is 0.272 e. The lowest BCUT2D eigenvalue weighted by Gasteiger charge is -2.40. The highest BCUT2D eigenvalue weighted by atomic mass is 16.2. The number of nitrogens with zero attached hydrogens (tertiary/aromatic N) is 4. The molecule has 1 aromatic carbocycles. The van der Waals surface area contributed by atoms with Crippen molar-refractivity contribution < 1.29 is 4.79 Å². The molecule has 0 spiro atoms. The quantitative estimate of drug-likeness (QED) is 0.828. The van der Waals surface area contributed by atoms with E-state index in [4.69, 9.17) is 0 Å². The molecule has 140 valence electrons. The van der Waals surface area contributed by atoms with Crippen LogP contribution in [-0.4, -0.2) is 52.2 Å². The van der Waals surface area contributed by atoms with E-state index < -0.39 is 0 Å². The first kappa shape index (κ1) is 18.6. The van der Waals surface area contributed by atoms with Crippen molar-refractivity contribution in [1.29, 1.82) is 0 Å². The van der Waals surface area contributed by atoms with Crippen LogP contribution in [0.4, 0.5) is 0 Å². The van der Waals surface area contributed by atoms with Crippen molar-refractivity contribution >= 4 is 5.91 Å². The minimum atomic E-state index is 0.0798. The SMILES string of the molecule is CCn1nc(CC(C)C)cc1C(=O)N1CCN(C)C[C@H]1c1ccccc1. The molecule has 0 N–H and O–H groups in total. The molecule has 0 saturated carbocycles. The molecule has 1 atom stereocenters. The highest BCUT2D eigenvalue weighted by molar-refractivity contribution is 5.93. The van der Waals surface area contributed by atoms with Gasteiger partial charge in [0.05, 0.1) is 11.7 Å². The van der Waals surface area contributed by atoms with Gasteiger partial charge in [-0.3, -0.25) is 9.48 Å². The van der Waals surface area contributed by atoms with Gasteiger partial charge in [0.15, 0.2) is 0 Å². The standard InChI is InChI=1S/C21H30N4O/c1-5-25-19(14-18(22-25)13-16(2)3)21(26)24-12-11-23(4)15-20(24)17-9-7-6-8-10-17/h6-10,14,16,20H,5,11-13,15H2,1-4H3/t20-/m0/s1. The van der Waals surface area contributed by atoms with Gasteiger partial charge in [-0.05, 0) is 37.9 Å². The van der Waals surface area contributed by atoms with Crippen LogP contribution in [0.15, 0.2) is 36.4 Å². The van der Waals surface area contributed by atoms with Crippen molar-refractivity contribution in [1.82, 2.24) is 19.6 Å². The molecule has 2 heterocycles. The van der Waals surface area contributed by atoms with Gasteiger partial charge in [-0.1, -0.05) is 44.2 Å². The van der Waals surface area contributed by atoms with E-state index in [1.807, 2.05) is 40.8 Å². The molecule has 5 heteroatoms. The molecule has 1 aliphatic rings. The molecule has 0 aliphatic carbocycles. The zero-order valence-corrected chi connectivity index (χ0v) is 16.4. The summed E-state index contributed by atoms with van der Waals surface area (Å²) in [7, 11) is 2.12. The fourth-order valence-electron chi connectivity index (χ4n) is 3.67. The zero-order chi connectivity index (χ0) is 18.7. The van der Waals surface area contributed by atoms with Crippen molar-refractivity contribution in [2.24, 2.45) is 5.92 Å². The second-order valence-electron chi connectivity index (χ2n) is 7.62. The van der Waals surface area contributed by atoms with E-state index in [9.17, 15) is 4.79 Å². The third-order valence-corrected chi connectivity index (χ3v) is 5.00. The molecule has 1 amide bonds. The minimum Gasteiger partial charge on any atom is -0.328 e. The van der Waals surface area contributed by atoms with Gasteiger partial charge in [-0.2, -0.15) is 5.10 Å². The third kappa shape index (κ3) is 3.98. The fourth-order valence-corrected chi connectivity index (χ4v) is 3.67. The minimum absolute atomic E-state index is 0.0798. The maximum atomic E-state index is 13.4. The Labute approximate surface area is 156 Å². The first-order valence-electron chi connectivity index (χ1n) is 9.60. The fraction of sp³-hybridized carbons (Fsp3) is 0.524. The number of likely N-dealkylation sites (N-methyl/N-ethyl adjacent to an activating group) is 1. The molecule has 1 saturated heterocycles. The summed E-state index contributed by atoms with van der Waals surface area (Å²) < 4.78 is 1.86. The lowest BCUT2D eigenvalue weighted by Crippen LogP contribution is -2.49. The van der Waals surface area contributed by atoms with E-state index in [1.54, 1.807) is 0 Å². The Bertz CT molecular complexity index is 738. The van der Waals surface area contributed by atoms with E-state index in [0.717, 1.165) is 31.7 Å². The van der Waals surface area contributed by atoms with Crippen LogP contribution in [0.1, 0.15) is 48.6 Å². The van der Waals surface area contributed by atoms with Crippen molar-refractivity contribution in [3.63, 3.8) is 0 Å². The Hall–Kier alpha value is -2.14. The molecule has 0 bridgehead atoms. The summed E-state index contributed by atoms with van der Waals surface area (Å²) in [6.45, 7) is 9.60. The largest absolute Gasteiger partial charge is 0.328 e. The summed E-state index contributed by atoms with van der Waals surface area (Å²) in [5, 5.41) is 4.66. The smallest absolute Gasteiger partial charge is 0.272 e. The predicted octanol–water partition coefficient (Wildman–Crippen LogP) is 3.23. The zero-order valence-electron chi connectivity index (χ0n) is 16.4. The summed E-state index contributed by atoms with van der Waals surface area (Å²) in [6.07, 6.45) is 0.901. The number of hydrogen-bond acceptors (Lipinski definition) is 3. The number of hydrogen-bond donors (Lipinski definition) is 0. The normalized spacial score (nSPS) is 18.5. The number of aryl methyl sites for hydroxylation is 1. The first-order chi connectivity index (χ1) is 12.5. The van der Waals surface area contributed by atoms with E-state index in [2.05, 4.69) is 43.0 Å². The monoisotopic (exact) mass is 354 g/mol. The van der Waals surface area contributed by atoms with E-state index >= 15 is 0 Å². The number of rotatable bonds is 5. The molecule has 1 aliphatic heterocycles. The molecular formula is C21H30N4O. The molecule has 1 fully saturated rings. The number of amides is 1. The summed E-state index contributed by atoms with van der Waals surface area (Å²) in [4.78, 5) is 17.7. The highest BCUT2D eigenvalue weighted by Gasteiger charge is 2.32. The Morgan fingerprint density at radius 1 is 1.23 bits per heavy atom. The van der Waals surface area contributed by atoms with E-state index in [1.165, 1.54) is 5.56 Å². The van der Waals surface area contributed by atoms with Crippen LogP contribution < -0.4 is 0 Å². The van der Waals surface area contributed by atoms with Crippen LogP contribution in [0.25, 0.3) is 0 Å². The lowest BCUT2D eigenvalue weighted by atomic mass is 10.0. The van der Waals surface area contributed by atoms with Gasteiger partial charge in [0.2, 0.25) is 0 Å². The van der Waals surface area contributed by atoms with E-state index in [0.29, 0.717) is 18.2 Å². The Kier molecular flexibility index (Phi) is 5.77. The summed E-state index contributed by atoms with van der Waals surface area (Å²) in [5.41, 5.74) is 2.92. The van der Waals surface area contributed by atoms with Crippen LogP contribution in [0, 0.1) is 5.92 Å². The molecule has 26 heavy (non-hydrogen) atoms. The van der Waals surface area contributed by atoms with Crippen LogP contribution in [0.2, 0.25) is 0 Å². The Balaban J connectivity index is 1.90. The van der Waals surface area contributed by atoms with Gasteiger partial charge in [-0.25, -0.2) is 0 Å². The number of piperazine rings is 1. The average molecular weight is 354 g/mol. The van der Waals surface area contributed by atoms with Crippen LogP contribution >= 0.6 is 0 Å². The topological polar surface area (TPSA) is 41.4 Å². The first-order valence-corrected chi connectivity index (χ1v) is 9.60. The summed E-state index contributed by atoms with van der Waals surface area (Å²) >= 11 is 0. The van der Waals surface area contributed by atoms with Crippen molar-refractivity contribution in [2.75, 3.05) is 26.7 Å². The van der Waals surface area contributed by atoms with Crippen molar-refractivity contribution in [3.05, 3.63) is 53.3 Å². The lowest BCUT2D eigenvalue weighted by molar-refractivity contribution is 0.0486. The van der Waals surface area contributed by atoms with E-state index in [-0.39, 0.29) is 11.9 Å². The number of aromatic nitrogens is 2.